The standard InChI is InChI=1S/C15H23N3O/c1-10(2)15-16-11(3)9-14(17-15)18(4)12-5-7-13(19)8-6-12/h9-10,12H,5-8H2,1-4H3. The highest BCUT2D eigenvalue weighted by molar-refractivity contribution is 5.79. The van der Waals surface area contributed by atoms with Gasteiger partial charge in [0, 0.05) is 43.6 Å². The highest BCUT2D eigenvalue weighted by atomic mass is 16.1. The molecule has 0 atom stereocenters. The van der Waals surface area contributed by atoms with E-state index in [2.05, 4.69) is 35.8 Å². The molecule has 1 fully saturated rings. The third-order valence-electron chi connectivity index (χ3n) is 3.80. The molecule has 0 amide bonds. The Morgan fingerprint density at radius 2 is 1.89 bits per heavy atom. The first-order valence-corrected chi connectivity index (χ1v) is 7.07. The van der Waals surface area contributed by atoms with E-state index in [1.54, 1.807) is 0 Å². The van der Waals surface area contributed by atoms with Crippen LogP contribution in [0, 0.1) is 6.92 Å². The van der Waals surface area contributed by atoms with Gasteiger partial charge in [0.15, 0.2) is 0 Å². The number of aromatic nitrogens is 2. The van der Waals surface area contributed by atoms with Crippen LogP contribution in [0.4, 0.5) is 5.82 Å². The molecule has 0 aromatic carbocycles. The predicted molar refractivity (Wildman–Crippen MR) is 76.5 cm³/mol. The van der Waals surface area contributed by atoms with Gasteiger partial charge in [0.2, 0.25) is 0 Å². The molecule has 1 aliphatic rings. The Morgan fingerprint density at radius 1 is 1.26 bits per heavy atom. The number of nitrogens with zero attached hydrogens (tertiary/aromatic N) is 3. The van der Waals surface area contributed by atoms with Crippen LogP contribution in [0.15, 0.2) is 6.07 Å². The summed E-state index contributed by atoms with van der Waals surface area (Å²) < 4.78 is 0. The van der Waals surface area contributed by atoms with Crippen molar-refractivity contribution in [3.05, 3.63) is 17.6 Å². The number of carbonyl (C=O) groups excluding carboxylic acids is 1. The Hall–Kier alpha value is -1.45. The molecule has 4 nitrogen and oxygen atoms in total. The molecule has 104 valence electrons. The van der Waals surface area contributed by atoms with Crippen LogP contribution in [-0.2, 0) is 4.79 Å². The number of Topliss-reactive ketones (excluding diaryl/α,β-unsaturated/α-hetero) is 1. The van der Waals surface area contributed by atoms with Crippen molar-refractivity contribution in [1.82, 2.24) is 9.97 Å². The van der Waals surface area contributed by atoms with Crippen molar-refractivity contribution in [2.24, 2.45) is 0 Å². The van der Waals surface area contributed by atoms with Gasteiger partial charge in [-0.05, 0) is 19.8 Å². The molecule has 1 aromatic heterocycles. The van der Waals surface area contributed by atoms with E-state index in [0.717, 1.165) is 30.2 Å². The van der Waals surface area contributed by atoms with E-state index in [9.17, 15) is 4.79 Å². The maximum absolute atomic E-state index is 11.3. The number of ketones is 1. The van der Waals surface area contributed by atoms with E-state index in [1.807, 2.05) is 13.0 Å². The van der Waals surface area contributed by atoms with Gasteiger partial charge >= 0.3 is 0 Å². The second-order valence-corrected chi connectivity index (χ2v) is 5.76. The van der Waals surface area contributed by atoms with Crippen LogP contribution in [0.1, 0.15) is 57.0 Å². The lowest BCUT2D eigenvalue weighted by Crippen LogP contribution is -2.36. The van der Waals surface area contributed by atoms with Gasteiger partial charge in [0.25, 0.3) is 0 Å². The van der Waals surface area contributed by atoms with Crippen molar-refractivity contribution in [3.63, 3.8) is 0 Å². The first-order valence-electron chi connectivity index (χ1n) is 7.07. The molecule has 2 rings (SSSR count). The van der Waals surface area contributed by atoms with Gasteiger partial charge in [-0.2, -0.15) is 0 Å². The molecule has 0 radical (unpaired) electrons. The Bertz CT molecular complexity index is 460. The maximum Gasteiger partial charge on any atom is 0.133 e. The average Bonchev–Trinajstić information content (AvgIpc) is 2.38. The Balaban J connectivity index is 2.18. The third-order valence-corrected chi connectivity index (χ3v) is 3.80. The summed E-state index contributed by atoms with van der Waals surface area (Å²) in [5.41, 5.74) is 1.01. The van der Waals surface area contributed by atoms with Gasteiger partial charge in [0.1, 0.15) is 17.4 Å². The molecule has 0 saturated heterocycles. The van der Waals surface area contributed by atoms with E-state index < -0.39 is 0 Å². The molecule has 1 aliphatic carbocycles. The quantitative estimate of drug-likeness (QED) is 0.839. The summed E-state index contributed by atoms with van der Waals surface area (Å²) in [5.74, 6) is 2.61. The molecule has 0 unspecified atom stereocenters. The summed E-state index contributed by atoms with van der Waals surface area (Å²) in [4.78, 5) is 22.7. The van der Waals surface area contributed by atoms with Crippen LogP contribution in [0.5, 0.6) is 0 Å². The van der Waals surface area contributed by atoms with Crippen LogP contribution in [0.2, 0.25) is 0 Å². The highest BCUT2D eigenvalue weighted by Gasteiger charge is 2.23. The summed E-state index contributed by atoms with van der Waals surface area (Å²) in [5, 5.41) is 0. The maximum atomic E-state index is 11.3. The lowest BCUT2D eigenvalue weighted by molar-refractivity contribution is -0.120. The molecule has 4 heteroatoms. The summed E-state index contributed by atoms with van der Waals surface area (Å²) in [6.07, 6.45) is 3.29. The third kappa shape index (κ3) is 3.31. The zero-order valence-electron chi connectivity index (χ0n) is 12.3. The monoisotopic (exact) mass is 261 g/mol. The minimum absolute atomic E-state index is 0.333. The van der Waals surface area contributed by atoms with E-state index in [4.69, 9.17) is 0 Å². The predicted octanol–water partition coefficient (Wildman–Crippen LogP) is 2.86. The van der Waals surface area contributed by atoms with Gasteiger partial charge < -0.3 is 4.90 Å². The molecule has 19 heavy (non-hydrogen) atoms. The number of hydrogen-bond acceptors (Lipinski definition) is 4. The Morgan fingerprint density at radius 3 is 2.47 bits per heavy atom. The smallest absolute Gasteiger partial charge is 0.133 e. The van der Waals surface area contributed by atoms with Crippen molar-refractivity contribution in [1.29, 1.82) is 0 Å². The highest BCUT2D eigenvalue weighted by Crippen LogP contribution is 2.24. The molecule has 1 heterocycles. The molecular formula is C15H23N3O. The fourth-order valence-corrected chi connectivity index (χ4v) is 2.51. The molecular weight excluding hydrogens is 238 g/mol. The van der Waals surface area contributed by atoms with Gasteiger partial charge in [-0.15, -0.1) is 0 Å². The largest absolute Gasteiger partial charge is 0.357 e. The van der Waals surface area contributed by atoms with Crippen molar-refractivity contribution >= 4 is 11.6 Å². The molecule has 0 N–H and O–H groups in total. The summed E-state index contributed by atoms with van der Waals surface area (Å²) >= 11 is 0. The first kappa shape index (κ1) is 14.0. The van der Waals surface area contributed by atoms with Crippen molar-refractivity contribution in [3.8, 4) is 0 Å². The topological polar surface area (TPSA) is 46.1 Å². The van der Waals surface area contributed by atoms with Gasteiger partial charge in [-0.1, -0.05) is 13.8 Å². The fourth-order valence-electron chi connectivity index (χ4n) is 2.51. The molecule has 0 bridgehead atoms. The summed E-state index contributed by atoms with van der Waals surface area (Å²) in [6, 6.07) is 2.45. The SMILES string of the molecule is Cc1cc(N(C)C2CCC(=O)CC2)nc(C(C)C)n1. The molecule has 1 aromatic rings. The normalized spacial score (nSPS) is 17.0. The molecule has 0 spiro atoms. The molecule has 1 saturated carbocycles. The number of carbonyl (C=O) groups is 1. The summed E-state index contributed by atoms with van der Waals surface area (Å²) in [6.45, 7) is 6.23. The van der Waals surface area contributed by atoms with Crippen molar-refractivity contribution in [2.45, 2.75) is 58.4 Å². The average molecular weight is 261 g/mol. The number of rotatable bonds is 3. The fraction of sp³-hybridized carbons (Fsp3) is 0.667. The second kappa shape index (κ2) is 5.68. The second-order valence-electron chi connectivity index (χ2n) is 5.76. The summed E-state index contributed by atoms with van der Waals surface area (Å²) in [7, 11) is 2.08. The number of aryl methyl sites for hydroxylation is 1. The molecule has 0 aliphatic heterocycles. The van der Waals surface area contributed by atoms with E-state index in [1.165, 1.54) is 0 Å². The zero-order valence-corrected chi connectivity index (χ0v) is 12.3. The van der Waals surface area contributed by atoms with E-state index in [-0.39, 0.29) is 0 Å². The zero-order chi connectivity index (χ0) is 14.0. The Kier molecular flexibility index (Phi) is 4.17. The van der Waals surface area contributed by atoms with Crippen molar-refractivity contribution in [2.75, 3.05) is 11.9 Å². The van der Waals surface area contributed by atoms with Crippen LogP contribution >= 0.6 is 0 Å². The minimum Gasteiger partial charge on any atom is -0.357 e. The van der Waals surface area contributed by atoms with Crippen LogP contribution in [0.25, 0.3) is 0 Å². The number of anilines is 1. The van der Waals surface area contributed by atoms with Crippen LogP contribution in [0.3, 0.4) is 0 Å². The van der Waals surface area contributed by atoms with E-state index in [0.29, 0.717) is 30.6 Å². The lowest BCUT2D eigenvalue weighted by atomic mass is 9.93. The van der Waals surface area contributed by atoms with Crippen LogP contribution in [-0.4, -0.2) is 28.8 Å². The van der Waals surface area contributed by atoms with Crippen molar-refractivity contribution < 1.29 is 4.79 Å². The van der Waals surface area contributed by atoms with Gasteiger partial charge in [-0.25, -0.2) is 9.97 Å². The Labute approximate surface area is 115 Å². The van der Waals surface area contributed by atoms with Gasteiger partial charge in [-0.3, -0.25) is 4.79 Å². The lowest BCUT2D eigenvalue weighted by Gasteiger charge is -2.32. The minimum atomic E-state index is 0.333. The van der Waals surface area contributed by atoms with Gasteiger partial charge in [0.05, 0.1) is 0 Å². The van der Waals surface area contributed by atoms with Crippen LogP contribution < -0.4 is 4.90 Å². The van der Waals surface area contributed by atoms with E-state index >= 15 is 0 Å². The first-order chi connectivity index (χ1) is 8.97. The number of hydrogen-bond donors (Lipinski definition) is 0.